The standard InChI is InChI=1S/C54H65Cl3N8O10/c1-32-48(62-65(40-14-13-36(56)27-38(40)57)49(32)33-8-11-35(55)12-9-33)52(71)60-37-17-23-64(24-18-37)46(70)31-74-29-44(68)59-22-7-5-3-4-6-21-58-43(67)28-73-30-45(69)61-39-16-19-54(72)42-26-34-10-15-41(66)50-47(34)53(54,51(39)75-50)20-25-63(42)2/h8-15,27,37,39,42,51,66,72H,3-7,16-26,28-31H2,1-2H3,(H,58,67)(H,59,68)(H,60,71)(H,61,69)/t39-,42+,51-,53-,54+/m0/s1. The van der Waals surface area contributed by atoms with Crippen molar-refractivity contribution < 1.29 is 48.4 Å². The first kappa shape index (κ1) is 54.3. The summed E-state index contributed by atoms with van der Waals surface area (Å²) in [5, 5.41) is 41.0. The van der Waals surface area contributed by atoms with Gasteiger partial charge >= 0.3 is 0 Å². The first-order chi connectivity index (χ1) is 36.1. The summed E-state index contributed by atoms with van der Waals surface area (Å²) >= 11 is 18.9. The molecule has 1 aromatic heterocycles. The van der Waals surface area contributed by atoms with Gasteiger partial charge in [0.2, 0.25) is 23.6 Å². The maximum Gasteiger partial charge on any atom is 0.272 e. The SMILES string of the molecule is Cc1c(C(=O)NC2CCN(C(=O)COCC(=O)NCCCCCCCNC(=O)COCC(=O)N[C@H]3CC[C@@]4(O)[C@H]5Cc6ccc(O)c7c6[C@@]4(CCN5C)[C@H]3O7)CC2)nn(-c2ccc(Cl)cc2Cl)c1-c1ccc(Cl)cc1. The molecule has 9 rings (SSSR count). The predicted molar refractivity (Wildman–Crippen MR) is 282 cm³/mol. The monoisotopic (exact) mass is 1090 g/mol. The van der Waals surface area contributed by atoms with Gasteiger partial charge in [-0.15, -0.1) is 0 Å². The minimum absolute atomic E-state index is 0.0396. The number of nitrogens with zero attached hydrogens (tertiary/aromatic N) is 4. The largest absolute Gasteiger partial charge is 0.504 e. The van der Waals surface area contributed by atoms with Crippen molar-refractivity contribution in [3.63, 3.8) is 0 Å². The lowest BCUT2D eigenvalue weighted by Crippen LogP contribution is -2.77. The second kappa shape index (κ2) is 23.4. The maximum atomic E-state index is 13.7. The number of carbonyl (C=O) groups excluding carboxylic acids is 5. The number of nitrogens with one attached hydrogen (secondary N) is 4. The highest BCUT2D eigenvalue weighted by molar-refractivity contribution is 6.35. The van der Waals surface area contributed by atoms with E-state index < -0.39 is 23.2 Å². The molecule has 5 amide bonds. The first-order valence-electron chi connectivity index (χ1n) is 25.9. The van der Waals surface area contributed by atoms with Gasteiger partial charge in [0.1, 0.15) is 32.5 Å². The molecular weight excluding hydrogens is 1030 g/mol. The normalized spacial score (nSPS) is 22.7. The predicted octanol–water partition coefficient (Wildman–Crippen LogP) is 5.42. The summed E-state index contributed by atoms with van der Waals surface area (Å²) in [7, 11) is 2.04. The van der Waals surface area contributed by atoms with Gasteiger partial charge in [-0.2, -0.15) is 5.10 Å². The summed E-state index contributed by atoms with van der Waals surface area (Å²) in [6.07, 6.45) is 7.02. The van der Waals surface area contributed by atoms with Crippen LogP contribution in [0.1, 0.15) is 91.4 Å². The zero-order valence-electron chi connectivity index (χ0n) is 42.2. The van der Waals surface area contributed by atoms with Crippen LogP contribution in [0.3, 0.4) is 0 Å². The van der Waals surface area contributed by atoms with E-state index in [1.807, 2.05) is 32.2 Å². The van der Waals surface area contributed by atoms with Crippen LogP contribution >= 0.6 is 34.8 Å². The molecule has 5 aliphatic rings. The number of aromatic hydroxyl groups is 1. The number of carbonyl (C=O) groups is 5. The Morgan fingerprint density at radius 1 is 0.787 bits per heavy atom. The molecule has 75 heavy (non-hydrogen) atoms. The van der Waals surface area contributed by atoms with Crippen LogP contribution in [0.2, 0.25) is 15.1 Å². The van der Waals surface area contributed by atoms with Gasteiger partial charge in [0.05, 0.1) is 33.5 Å². The van der Waals surface area contributed by atoms with Crippen molar-refractivity contribution in [2.75, 3.05) is 66.2 Å². The number of piperidine rings is 2. The Morgan fingerprint density at radius 2 is 1.44 bits per heavy atom. The highest BCUT2D eigenvalue weighted by atomic mass is 35.5. The number of benzene rings is 3. The van der Waals surface area contributed by atoms with Crippen molar-refractivity contribution in [2.45, 2.75) is 113 Å². The van der Waals surface area contributed by atoms with Gasteiger partial charge in [-0.25, -0.2) is 4.68 Å². The zero-order valence-corrected chi connectivity index (χ0v) is 44.5. The van der Waals surface area contributed by atoms with Crippen molar-refractivity contribution in [2.24, 2.45) is 0 Å². The van der Waals surface area contributed by atoms with E-state index in [-0.39, 0.29) is 79.5 Å². The first-order valence-corrected chi connectivity index (χ1v) is 27.0. The summed E-state index contributed by atoms with van der Waals surface area (Å²) < 4.78 is 19.0. The third kappa shape index (κ3) is 11.3. The summed E-state index contributed by atoms with van der Waals surface area (Å²) in [5.41, 5.74) is 3.09. The van der Waals surface area contributed by atoms with Crippen molar-refractivity contribution in [3.8, 4) is 28.4 Å². The Labute approximate surface area is 451 Å². The fourth-order valence-electron chi connectivity index (χ4n) is 12.1. The van der Waals surface area contributed by atoms with Gasteiger partial charge in [-0.05, 0) is 114 Å². The molecule has 3 aliphatic heterocycles. The van der Waals surface area contributed by atoms with Crippen LogP contribution in [0.5, 0.6) is 11.5 Å². The number of halogens is 3. The second-order valence-electron chi connectivity index (χ2n) is 20.5. The van der Waals surface area contributed by atoms with Gasteiger partial charge in [0.15, 0.2) is 17.2 Å². The van der Waals surface area contributed by atoms with Gasteiger partial charge in [-0.3, -0.25) is 24.0 Å². The zero-order chi connectivity index (χ0) is 53.0. The lowest BCUT2D eigenvalue weighted by molar-refractivity contribution is -0.187. The number of phenols is 1. The maximum absolute atomic E-state index is 13.7. The quantitative estimate of drug-likeness (QED) is 0.0576. The van der Waals surface area contributed by atoms with Crippen molar-refractivity contribution in [1.82, 2.24) is 40.8 Å². The van der Waals surface area contributed by atoms with Crippen LogP contribution in [0.15, 0.2) is 54.6 Å². The lowest BCUT2D eigenvalue weighted by atomic mass is 9.48. The Kier molecular flexibility index (Phi) is 17.0. The van der Waals surface area contributed by atoms with Gasteiger partial charge in [0, 0.05) is 65.0 Å². The van der Waals surface area contributed by atoms with Crippen molar-refractivity contribution in [3.05, 3.63) is 92.0 Å². The average Bonchev–Trinajstić information content (AvgIpc) is 3.93. The van der Waals surface area contributed by atoms with E-state index in [0.717, 1.165) is 55.3 Å². The highest BCUT2D eigenvalue weighted by Crippen LogP contribution is 2.65. The van der Waals surface area contributed by atoms with Crippen LogP contribution in [0.25, 0.3) is 16.9 Å². The highest BCUT2D eigenvalue weighted by Gasteiger charge is 2.72. The molecule has 1 saturated carbocycles. The molecule has 2 bridgehead atoms. The van der Waals surface area contributed by atoms with Crippen molar-refractivity contribution >= 4 is 64.3 Å². The summed E-state index contributed by atoms with van der Waals surface area (Å²) in [5.74, 6) is -1.12. The molecule has 0 unspecified atom stereocenters. The van der Waals surface area contributed by atoms with Gasteiger partial charge in [-0.1, -0.05) is 72.3 Å². The smallest absolute Gasteiger partial charge is 0.272 e. The minimum atomic E-state index is -1.06. The number of aromatic nitrogens is 2. The van der Waals surface area contributed by atoms with Crippen molar-refractivity contribution in [1.29, 1.82) is 0 Å². The summed E-state index contributed by atoms with van der Waals surface area (Å²) in [6.45, 7) is 3.34. The fraction of sp³-hybridized carbons (Fsp3) is 0.519. The van der Waals surface area contributed by atoms with Crippen LogP contribution in [0, 0.1) is 6.92 Å². The molecule has 2 saturated heterocycles. The third-order valence-electron chi connectivity index (χ3n) is 15.8. The van der Waals surface area contributed by atoms with E-state index in [1.165, 1.54) is 0 Å². The average molecular weight is 1090 g/mol. The molecule has 3 fully saturated rings. The molecular formula is C54H65Cl3N8O10. The molecule has 2 aliphatic carbocycles. The Hall–Kier alpha value is -5.47. The topological polar surface area (TPSA) is 226 Å². The molecule has 3 aromatic carbocycles. The van der Waals surface area contributed by atoms with E-state index >= 15 is 0 Å². The number of amides is 5. The molecule has 4 aromatic rings. The van der Waals surface area contributed by atoms with Gasteiger partial charge < -0.3 is 55.5 Å². The van der Waals surface area contributed by atoms with Crippen LogP contribution < -0.4 is 26.0 Å². The second-order valence-corrected chi connectivity index (χ2v) is 21.7. The Balaban J connectivity index is 0.600. The Bertz CT molecular complexity index is 2790. The lowest BCUT2D eigenvalue weighted by Gasteiger charge is -2.63. The minimum Gasteiger partial charge on any atom is -0.504 e. The number of likely N-dealkylation sites (tertiary alicyclic amines) is 2. The number of hydrogen-bond donors (Lipinski definition) is 6. The van der Waals surface area contributed by atoms with E-state index in [4.69, 9.17) is 54.1 Å². The number of aliphatic hydroxyl groups is 1. The molecule has 0 radical (unpaired) electrons. The molecule has 18 nitrogen and oxygen atoms in total. The number of unbranched alkanes of at least 4 members (excludes halogenated alkanes) is 4. The number of ether oxygens (including phenoxy) is 3. The molecule has 6 N–H and O–H groups in total. The van der Waals surface area contributed by atoms with E-state index in [1.54, 1.807) is 46.0 Å². The molecule has 402 valence electrons. The van der Waals surface area contributed by atoms with E-state index in [9.17, 15) is 34.2 Å². The van der Waals surface area contributed by atoms with Crippen LogP contribution in [-0.2, 0) is 40.5 Å². The summed E-state index contributed by atoms with van der Waals surface area (Å²) in [4.78, 5) is 68.5. The third-order valence-corrected chi connectivity index (χ3v) is 16.6. The number of hydrogen-bond acceptors (Lipinski definition) is 12. The van der Waals surface area contributed by atoms with E-state index in [0.29, 0.717) is 102 Å². The van der Waals surface area contributed by atoms with Crippen LogP contribution in [0.4, 0.5) is 0 Å². The number of rotatable bonds is 21. The number of likely N-dealkylation sites (N-methyl/N-ethyl adjacent to an activating group) is 1. The molecule has 5 atom stereocenters. The Morgan fingerprint density at radius 3 is 2.13 bits per heavy atom. The number of phenolic OH excluding ortho intramolecular Hbond substituents is 1. The summed E-state index contributed by atoms with van der Waals surface area (Å²) in [6, 6.07) is 15.2. The van der Waals surface area contributed by atoms with E-state index in [2.05, 4.69) is 26.2 Å². The van der Waals surface area contributed by atoms with Gasteiger partial charge in [0.25, 0.3) is 5.91 Å². The molecule has 4 heterocycles. The molecule has 21 heteroatoms. The fourth-order valence-corrected chi connectivity index (χ4v) is 12.7. The molecule has 1 spiro atoms. The van der Waals surface area contributed by atoms with Crippen LogP contribution in [-0.4, -0.2) is 155 Å².